The van der Waals surface area contributed by atoms with Crippen LogP contribution in [-0.4, -0.2) is 48.2 Å². The van der Waals surface area contributed by atoms with Gasteiger partial charge in [-0.15, -0.1) is 0 Å². The van der Waals surface area contributed by atoms with Crippen LogP contribution in [0.25, 0.3) is 0 Å². The minimum Gasteiger partial charge on any atom is -0.497 e. The summed E-state index contributed by atoms with van der Waals surface area (Å²) >= 11 is 0. The fraction of sp³-hybridized carbons (Fsp3) is 0.471. The number of imidazole rings is 1. The fourth-order valence-corrected chi connectivity index (χ4v) is 2.99. The van der Waals surface area contributed by atoms with E-state index in [1.165, 1.54) is 5.56 Å². The third-order valence-electron chi connectivity index (χ3n) is 4.20. The highest BCUT2D eigenvalue weighted by Crippen LogP contribution is 2.24. The molecule has 0 unspecified atom stereocenters. The molecule has 0 saturated carbocycles. The highest BCUT2D eigenvalue weighted by atomic mass is 16.5. The van der Waals surface area contributed by atoms with E-state index in [1.807, 2.05) is 12.3 Å². The van der Waals surface area contributed by atoms with Crippen LogP contribution in [0.2, 0.25) is 0 Å². The van der Waals surface area contributed by atoms with E-state index in [4.69, 9.17) is 9.47 Å². The highest BCUT2D eigenvalue weighted by Gasteiger charge is 2.22. The van der Waals surface area contributed by atoms with Crippen LogP contribution in [0.1, 0.15) is 17.8 Å². The smallest absolute Gasteiger partial charge is 0.122 e. The third-order valence-corrected chi connectivity index (χ3v) is 4.20. The summed E-state index contributed by atoms with van der Waals surface area (Å²) in [6.45, 7) is 3.83. The van der Waals surface area contributed by atoms with Crippen molar-refractivity contribution >= 4 is 0 Å². The molecule has 0 aliphatic carbocycles. The van der Waals surface area contributed by atoms with Crippen molar-refractivity contribution in [1.82, 2.24) is 20.2 Å². The maximum absolute atomic E-state index is 5.34. The Balaban J connectivity index is 1.53. The first-order valence-corrected chi connectivity index (χ1v) is 7.93. The summed E-state index contributed by atoms with van der Waals surface area (Å²) in [4.78, 5) is 9.82. The van der Waals surface area contributed by atoms with E-state index in [0.717, 1.165) is 49.9 Å². The van der Waals surface area contributed by atoms with Crippen molar-refractivity contribution in [3.63, 3.8) is 0 Å². The van der Waals surface area contributed by atoms with Gasteiger partial charge < -0.3 is 19.8 Å². The summed E-state index contributed by atoms with van der Waals surface area (Å²) in [5.41, 5.74) is 1.22. The fourth-order valence-electron chi connectivity index (χ4n) is 2.99. The summed E-state index contributed by atoms with van der Waals surface area (Å²) < 4.78 is 10.7. The van der Waals surface area contributed by atoms with Crippen molar-refractivity contribution in [3.8, 4) is 11.5 Å². The molecule has 3 rings (SSSR count). The van der Waals surface area contributed by atoms with Crippen LogP contribution >= 0.6 is 0 Å². The summed E-state index contributed by atoms with van der Waals surface area (Å²) in [5, 5.41) is 3.56. The monoisotopic (exact) mass is 316 g/mol. The number of aromatic amines is 1. The molecule has 0 radical (unpaired) electrons. The molecular formula is C17H24N4O2. The molecule has 0 amide bonds. The Bertz CT molecular complexity index is 593. The van der Waals surface area contributed by atoms with E-state index in [1.54, 1.807) is 20.4 Å². The average molecular weight is 316 g/mol. The molecule has 2 N–H and O–H groups in total. The van der Waals surface area contributed by atoms with Gasteiger partial charge in [0.1, 0.15) is 17.3 Å². The zero-order valence-electron chi connectivity index (χ0n) is 13.7. The number of nitrogens with one attached hydrogen (secondary N) is 2. The molecule has 23 heavy (non-hydrogen) atoms. The number of hydrogen-bond donors (Lipinski definition) is 2. The van der Waals surface area contributed by atoms with Crippen LogP contribution in [0.5, 0.6) is 11.5 Å². The minimum atomic E-state index is 0.507. The normalized spacial score (nSPS) is 18.3. The molecule has 2 heterocycles. The van der Waals surface area contributed by atoms with E-state index in [2.05, 4.69) is 32.3 Å². The second-order valence-corrected chi connectivity index (χ2v) is 5.86. The Hall–Kier alpha value is -2.05. The number of rotatable bonds is 7. The predicted molar refractivity (Wildman–Crippen MR) is 88.7 cm³/mol. The molecule has 124 valence electrons. The van der Waals surface area contributed by atoms with Gasteiger partial charge in [0.25, 0.3) is 0 Å². The molecule has 1 aromatic carbocycles. The Kier molecular flexibility index (Phi) is 5.15. The molecule has 0 spiro atoms. The van der Waals surface area contributed by atoms with E-state index in [9.17, 15) is 0 Å². The van der Waals surface area contributed by atoms with Crippen LogP contribution < -0.4 is 14.8 Å². The summed E-state index contributed by atoms with van der Waals surface area (Å²) in [7, 11) is 3.37. The lowest BCUT2D eigenvalue weighted by atomic mass is 10.2. The lowest BCUT2D eigenvalue weighted by Gasteiger charge is -2.17. The summed E-state index contributed by atoms with van der Waals surface area (Å²) in [6, 6.07) is 6.56. The van der Waals surface area contributed by atoms with Crippen molar-refractivity contribution in [2.45, 2.75) is 25.6 Å². The zero-order chi connectivity index (χ0) is 16.1. The molecule has 1 aliphatic rings. The Morgan fingerprint density at radius 3 is 2.70 bits per heavy atom. The zero-order valence-corrected chi connectivity index (χ0v) is 13.7. The summed E-state index contributed by atoms with van der Waals surface area (Å²) in [6.07, 6.45) is 4.80. The van der Waals surface area contributed by atoms with Gasteiger partial charge in [0.2, 0.25) is 0 Å². The van der Waals surface area contributed by atoms with Crippen molar-refractivity contribution in [3.05, 3.63) is 42.0 Å². The van der Waals surface area contributed by atoms with Gasteiger partial charge in [0, 0.05) is 44.1 Å². The van der Waals surface area contributed by atoms with E-state index >= 15 is 0 Å². The Morgan fingerprint density at radius 1 is 1.26 bits per heavy atom. The molecule has 6 heteroatoms. The van der Waals surface area contributed by atoms with Crippen molar-refractivity contribution in [2.24, 2.45) is 0 Å². The first-order valence-electron chi connectivity index (χ1n) is 7.93. The first-order chi connectivity index (χ1) is 11.3. The average Bonchev–Trinajstić information content (AvgIpc) is 3.24. The summed E-state index contributed by atoms with van der Waals surface area (Å²) in [5.74, 6) is 2.66. The Morgan fingerprint density at radius 2 is 2.04 bits per heavy atom. The van der Waals surface area contributed by atoms with E-state index in [0.29, 0.717) is 6.04 Å². The lowest BCUT2D eigenvalue weighted by molar-refractivity contribution is 0.317. The first kappa shape index (κ1) is 15.8. The molecule has 6 nitrogen and oxygen atoms in total. The highest BCUT2D eigenvalue weighted by molar-refractivity contribution is 5.38. The standard InChI is InChI=1S/C17H24N4O2/c1-22-15-7-13(8-16(9-15)23-2)11-21-6-3-14(12-21)20-10-17-18-4-5-19-17/h4-5,7-9,14,20H,3,6,10-12H2,1-2H3,(H,18,19)/t14-/m0/s1. The quantitative estimate of drug-likeness (QED) is 0.815. The number of nitrogens with zero attached hydrogens (tertiary/aromatic N) is 2. The van der Waals surface area contributed by atoms with Crippen molar-refractivity contribution in [2.75, 3.05) is 27.3 Å². The van der Waals surface area contributed by atoms with Gasteiger partial charge in [0.05, 0.1) is 20.8 Å². The second-order valence-electron chi connectivity index (χ2n) is 5.86. The van der Waals surface area contributed by atoms with Gasteiger partial charge in [-0.25, -0.2) is 4.98 Å². The van der Waals surface area contributed by atoms with Crippen LogP contribution in [0.3, 0.4) is 0 Å². The van der Waals surface area contributed by atoms with E-state index in [-0.39, 0.29) is 0 Å². The second kappa shape index (κ2) is 7.48. The third kappa shape index (κ3) is 4.24. The number of methoxy groups -OCH3 is 2. The minimum absolute atomic E-state index is 0.507. The number of H-pyrrole nitrogens is 1. The molecule has 2 aromatic rings. The van der Waals surface area contributed by atoms with Gasteiger partial charge in [-0.3, -0.25) is 4.90 Å². The van der Waals surface area contributed by atoms with Crippen LogP contribution in [0.4, 0.5) is 0 Å². The van der Waals surface area contributed by atoms with Gasteiger partial charge in [0.15, 0.2) is 0 Å². The Labute approximate surface area is 136 Å². The number of hydrogen-bond acceptors (Lipinski definition) is 5. The predicted octanol–water partition coefficient (Wildman–Crippen LogP) is 1.79. The maximum atomic E-state index is 5.34. The van der Waals surface area contributed by atoms with Gasteiger partial charge >= 0.3 is 0 Å². The maximum Gasteiger partial charge on any atom is 0.122 e. The topological polar surface area (TPSA) is 62.4 Å². The van der Waals surface area contributed by atoms with E-state index < -0.39 is 0 Å². The van der Waals surface area contributed by atoms with Crippen LogP contribution in [0.15, 0.2) is 30.6 Å². The molecule has 0 bridgehead atoms. The van der Waals surface area contributed by atoms with Crippen molar-refractivity contribution < 1.29 is 9.47 Å². The largest absolute Gasteiger partial charge is 0.497 e. The molecule has 1 aliphatic heterocycles. The number of benzene rings is 1. The van der Waals surface area contributed by atoms with Crippen LogP contribution in [-0.2, 0) is 13.1 Å². The molecular weight excluding hydrogens is 292 g/mol. The molecule has 1 atom stereocenters. The van der Waals surface area contributed by atoms with Gasteiger partial charge in [-0.1, -0.05) is 0 Å². The van der Waals surface area contributed by atoms with Gasteiger partial charge in [-0.05, 0) is 24.1 Å². The molecule has 1 aromatic heterocycles. The van der Waals surface area contributed by atoms with Gasteiger partial charge in [-0.2, -0.15) is 0 Å². The molecule has 1 fully saturated rings. The van der Waals surface area contributed by atoms with Crippen molar-refractivity contribution in [1.29, 1.82) is 0 Å². The number of likely N-dealkylation sites (tertiary alicyclic amines) is 1. The SMILES string of the molecule is COc1cc(CN2CC[C@H](NCc3ncc[nH]3)C2)cc(OC)c1. The lowest BCUT2D eigenvalue weighted by Crippen LogP contribution is -2.32. The van der Waals surface area contributed by atoms with Crippen LogP contribution in [0, 0.1) is 0 Å². The number of ether oxygens (including phenoxy) is 2. The number of aromatic nitrogens is 2. The molecule has 1 saturated heterocycles.